The van der Waals surface area contributed by atoms with Gasteiger partial charge in [0.2, 0.25) is 0 Å². The molecule has 1 N–H and O–H groups in total. The second kappa shape index (κ2) is 9.75. The van der Waals surface area contributed by atoms with Crippen molar-refractivity contribution in [3.8, 4) is 0 Å². The summed E-state index contributed by atoms with van der Waals surface area (Å²) in [6, 6.07) is 11.0. The number of halogens is 1. The molecule has 0 radical (unpaired) electrons. The van der Waals surface area contributed by atoms with E-state index < -0.39 is 5.60 Å². The van der Waals surface area contributed by atoms with Crippen molar-refractivity contribution >= 4 is 17.4 Å². The number of amides is 1. The van der Waals surface area contributed by atoms with Crippen LogP contribution in [0.5, 0.6) is 0 Å². The summed E-state index contributed by atoms with van der Waals surface area (Å²) in [5.74, 6) is -0.224. The van der Waals surface area contributed by atoms with Crippen molar-refractivity contribution in [2.45, 2.75) is 94.8 Å². The molecule has 6 heteroatoms. The lowest BCUT2D eigenvalue weighted by Crippen LogP contribution is -2.50. The Balaban J connectivity index is 1.64. The fraction of sp³-hybridized carbons (Fsp3) is 0.593. The summed E-state index contributed by atoms with van der Waals surface area (Å²) in [5.41, 5.74) is 0.290. The SMILES string of the molecule is CC(C)(C)OC(=O)NC(Cc1cccs1)CC1(c2ccc(F)cc2)CCOC2(CCCC2)C1. The smallest absolute Gasteiger partial charge is 0.407 e. The molecule has 2 aliphatic rings. The largest absolute Gasteiger partial charge is 0.444 e. The molecule has 1 aromatic heterocycles. The average Bonchev–Trinajstić information content (AvgIpc) is 3.39. The maximum atomic E-state index is 13.8. The number of hydrogen-bond acceptors (Lipinski definition) is 4. The molecule has 1 amide bonds. The zero-order valence-electron chi connectivity index (χ0n) is 20.0. The van der Waals surface area contributed by atoms with Gasteiger partial charge in [-0.3, -0.25) is 0 Å². The van der Waals surface area contributed by atoms with Gasteiger partial charge in [0.1, 0.15) is 11.4 Å². The number of alkyl carbamates (subject to hydrolysis) is 1. The van der Waals surface area contributed by atoms with E-state index in [1.54, 1.807) is 23.5 Å². The Morgan fingerprint density at radius 1 is 1.18 bits per heavy atom. The zero-order chi connectivity index (χ0) is 23.5. The van der Waals surface area contributed by atoms with Gasteiger partial charge in [-0.15, -0.1) is 11.3 Å². The number of nitrogens with one attached hydrogen (secondary N) is 1. The van der Waals surface area contributed by atoms with Crippen LogP contribution >= 0.6 is 11.3 Å². The van der Waals surface area contributed by atoms with Crippen LogP contribution < -0.4 is 5.32 Å². The number of rotatable bonds is 6. The standard InChI is InChI=1S/C27H36FNO3S/c1-25(2,3)32-24(30)29-22(17-23-7-6-16-33-23)18-26(20-8-10-21(28)11-9-20)14-15-31-27(19-26)12-4-5-13-27/h6-11,16,22H,4-5,12-15,17-19H2,1-3H3,(H,29,30). The molecule has 4 nitrogen and oxygen atoms in total. The Bertz CT molecular complexity index is 916. The summed E-state index contributed by atoms with van der Waals surface area (Å²) in [7, 11) is 0. The Kier molecular flexibility index (Phi) is 7.15. The second-order valence-corrected chi connectivity index (χ2v) is 11.8. The predicted molar refractivity (Wildman–Crippen MR) is 130 cm³/mol. The van der Waals surface area contributed by atoms with E-state index in [0.717, 1.165) is 44.1 Å². The number of ether oxygens (including phenoxy) is 2. The van der Waals surface area contributed by atoms with E-state index in [1.165, 1.54) is 17.7 Å². The lowest BCUT2D eigenvalue weighted by atomic mass is 9.64. The molecule has 1 aliphatic heterocycles. The highest BCUT2D eigenvalue weighted by Crippen LogP contribution is 2.50. The third kappa shape index (κ3) is 6.15. The molecular weight excluding hydrogens is 437 g/mol. The molecule has 1 saturated heterocycles. The molecule has 4 rings (SSSR count). The number of carbonyl (C=O) groups excluding carboxylic acids is 1. The van der Waals surface area contributed by atoms with Gasteiger partial charge in [-0.25, -0.2) is 9.18 Å². The molecule has 1 spiro atoms. The molecule has 2 atom stereocenters. The molecule has 2 unspecified atom stereocenters. The van der Waals surface area contributed by atoms with Crippen molar-refractivity contribution in [2.24, 2.45) is 0 Å². The van der Waals surface area contributed by atoms with Crippen molar-refractivity contribution in [3.63, 3.8) is 0 Å². The summed E-state index contributed by atoms with van der Waals surface area (Å²) < 4.78 is 25.8. The van der Waals surface area contributed by atoms with Crippen molar-refractivity contribution in [3.05, 3.63) is 58.0 Å². The molecular formula is C27H36FNO3S. The summed E-state index contributed by atoms with van der Waals surface area (Å²) in [5, 5.41) is 5.24. The molecule has 1 saturated carbocycles. The lowest BCUT2D eigenvalue weighted by molar-refractivity contribution is -0.105. The molecule has 2 heterocycles. The summed E-state index contributed by atoms with van der Waals surface area (Å²) >= 11 is 1.70. The van der Waals surface area contributed by atoms with Crippen molar-refractivity contribution in [1.82, 2.24) is 5.32 Å². The van der Waals surface area contributed by atoms with Gasteiger partial charge >= 0.3 is 6.09 Å². The van der Waals surface area contributed by atoms with Gasteiger partial charge in [-0.05, 0) is 82.0 Å². The summed E-state index contributed by atoms with van der Waals surface area (Å²) in [4.78, 5) is 14.0. The van der Waals surface area contributed by atoms with E-state index >= 15 is 0 Å². The van der Waals surface area contributed by atoms with Crippen molar-refractivity contribution in [1.29, 1.82) is 0 Å². The predicted octanol–water partition coefficient (Wildman–Crippen LogP) is 6.77. The van der Waals surface area contributed by atoms with Gasteiger partial charge in [0, 0.05) is 29.4 Å². The Hall–Kier alpha value is -1.92. The topological polar surface area (TPSA) is 47.6 Å². The zero-order valence-corrected chi connectivity index (χ0v) is 20.8. The molecule has 2 aromatic rings. The minimum absolute atomic E-state index is 0.0971. The molecule has 1 aliphatic carbocycles. The van der Waals surface area contributed by atoms with E-state index in [0.29, 0.717) is 6.61 Å². The van der Waals surface area contributed by atoms with Crippen LogP contribution in [-0.4, -0.2) is 29.9 Å². The van der Waals surface area contributed by atoms with Gasteiger partial charge in [-0.2, -0.15) is 0 Å². The maximum Gasteiger partial charge on any atom is 0.407 e. The Labute approximate surface area is 200 Å². The van der Waals surface area contributed by atoms with Crippen LogP contribution in [0.4, 0.5) is 9.18 Å². The number of hydrogen-bond donors (Lipinski definition) is 1. The van der Waals surface area contributed by atoms with Gasteiger partial charge in [-0.1, -0.05) is 31.0 Å². The fourth-order valence-electron chi connectivity index (χ4n) is 5.69. The van der Waals surface area contributed by atoms with Gasteiger partial charge < -0.3 is 14.8 Å². The summed E-state index contributed by atoms with van der Waals surface area (Å²) in [6.45, 7) is 6.32. The molecule has 2 fully saturated rings. The van der Waals surface area contributed by atoms with Crippen LogP contribution in [0.2, 0.25) is 0 Å². The van der Waals surface area contributed by atoms with Crippen LogP contribution in [-0.2, 0) is 21.3 Å². The third-order valence-corrected chi connectivity index (χ3v) is 7.91. The molecule has 1 aromatic carbocycles. The van der Waals surface area contributed by atoms with Crippen LogP contribution in [0.3, 0.4) is 0 Å². The average molecular weight is 474 g/mol. The van der Waals surface area contributed by atoms with E-state index in [2.05, 4.69) is 16.8 Å². The molecule has 180 valence electrons. The monoisotopic (exact) mass is 473 g/mol. The van der Waals surface area contributed by atoms with E-state index in [-0.39, 0.29) is 29.0 Å². The van der Waals surface area contributed by atoms with Crippen LogP contribution in [0.25, 0.3) is 0 Å². The Morgan fingerprint density at radius 2 is 1.91 bits per heavy atom. The van der Waals surface area contributed by atoms with Crippen LogP contribution in [0.1, 0.15) is 76.2 Å². The van der Waals surface area contributed by atoms with Crippen molar-refractivity contribution < 1.29 is 18.7 Å². The number of thiophene rings is 1. The number of carbonyl (C=O) groups is 1. The third-order valence-electron chi connectivity index (χ3n) is 7.01. The van der Waals surface area contributed by atoms with Gasteiger partial charge in [0.15, 0.2) is 0 Å². The van der Waals surface area contributed by atoms with E-state index in [9.17, 15) is 9.18 Å². The lowest BCUT2D eigenvalue weighted by Gasteiger charge is -2.48. The first-order valence-electron chi connectivity index (χ1n) is 12.1. The van der Waals surface area contributed by atoms with E-state index in [1.807, 2.05) is 39.0 Å². The Morgan fingerprint density at radius 3 is 2.55 bits per heavy atom. The fourth-order valence-corrected chi connectivity index (χ4v) is 6.48. The van der Waals surface area contributed by atoms with Gasteiger partial charge in [0.05, 0.1) is 5.60 Å². The molecule has 0 bridgehead atoms. The highest BCUT2D eigenvalue weighted by Gasteiger charge is 2.49. The second-order valence-electron chi connectivity index (χ2n) is 10.8. The van der Waals surface area contributed by atoms with Crippen LogP contribution in [0, 0.1) is 5.82 Å². The summed E-state index contributed by atoms with van der Waals surface area (Å²) in [6.07, 6.45) is 7.41. The quantitative estimate of drug-likeness (QED) is 0.503. The van der Waals surface area contributed by atoms with Crippen LogP contribution in [0.15, 0.2) is 41.8 Å². The minimum atomic E-state index is -0.557. The van der Waals surface area contributed by atoms with E-state index in [4.69, 9.17) is 9.47 Å². The first-order chi connectivity index (χ1) is 15.7. The first-order valence-corrected chi connectivity index (χ1v) is 13.0. The van der Waals surface area contributed by atoms with Crippen molar-refractivity contribution in [2.75, 3.05) is 6.61 Å². The molecule has 33 heavy (non-hydrogen) atoms. The number of benzene rings is 1. The first kappa shape index (κ1) is 24.2. The minimum Gasteiger partial charge on any atom is -0.444 e. The maximum absolute atomic E-state index is 13.8. The normalized spacial score (nSPS) is 23.4. The van der Waals surface area contributed by atoms with Gasteiger partial charge in [0.25, 0.3) is 0 Å². The highest BCUT2D eigenvalue weighted by molar-refractivity contribution is 7.09. The highest BCUT2D eigenvalue weighted by atomic mass is 32.1.